The number of hydrogen-bond acceptors (Lipinski definition) is 3. The maximum atomic E-state index is 9.01. The first-order valence-corrected chi connectivity index (χ1v) is 7.02. The molecular formula is C15H23N3O. The molecular weight excluding hydrogens is 238 g/mol. The van der Waals surface area contributed by atoms with Crippen LogP contribution in [0.4, 0.5) is 0 Å². The van der Waals surface area contributed by atoms with E-state index in [1.54, 1.807) is 0 Å². The highest BCUT2D eigenvalue weighted by Gasteiger charge is 2.31. The molecule has 3 N–H and O–H groups in total. The topological polar surface area (TPSA) is 61.8 Å². The first-order chi connectivity index (χ1) is 9.26. The predicted octanol–water partition coefficient (Wildman–Crippen LogP) is 2.39. The molecule has 1 aromatic rings. The summed E-state index contributed by atoms with van der Waals surface area (Å²) in [4.78, 5) is 2.47. The molecule has 1 aromatic carbocycles. The summed E-state index contributed by atoms with van der Waals surface area (Å²) < 4.78 is 0. The van der Waals surface area contributed by atoms with Gasteiger partial charge < -0.3 is 10.9 Å². The van der Waals surface area contributed by atoms with E-state index < -0.39 is 0 Å². The largest absolute Gasteiger partial charge is 0.409 e. The van der Waals surface area contributed by atoms with Gasteiger partial charge in [0.1, 0.15) is 5.84 Å². The van der Waals surface area contributed by atoms with Gasteiger partial charge in [0.15, 0.2) is 0 Å². The van der Waals surface area contributed by atoms with Gasteiger partial charge >= 0.3 is 0 Å². The van der Waals surface area contributed by atoms with Crippen molar-refractivity contribution in [1.82, 2.24) is 4.90 Å². The van der Waals surface area contributed by atoms with Crippen molar-refractivity contribution in [2.45, 2.75) is 38.1 Å². The molecule has 2 rings (SSSR count). The second-order valence-electron chi connectivity index (χ2n) is 5.21. The van der Waals surface area contributed by atoms with Crippen molar-refractivity contribution in [1.29, 1.82) is 0 Å². The van der Waals surface area contributed by atoms with E-state index in [4.69, 9.17) is 10.9 Å². The zero-order chi connectivity index (χ0) is 13.7. The first-order valence-electron chi connectivity index (χ1n) is 7.02. The normalized spacial score (nSPS) is 17.7. The smallest absolute Gasteiger partial charge is 0.147 e. The quantitative estimate of drug-likeness (QED) is 0.343. The van der Waals surface area contributed by atoms with Gasteiger partial charge in [-0.1, -0.05) is 42.4 Å². The highest BCUT2D eigenvalue weighted by atomic mass is 16.4. The molecule has 0 radical (unpaired) electrons. The second-order valence-corrected chi connectivity index (χ2v) is 5.21. The molecule has 1 fully saturated rings. The number of rotatable bonds is 7. The minimum Gasteiger partial charge on any atom is -0.409 e. The van der Waals surface area contributed by atoms with Crippen LogP contribution >= 0.6 is 0 Å². The summed E-state index contributed by atoms with van der Waals surface area (Å²) in [6.07, 6.45) is 3.68. The molecule has 0 bridgehead atoms. The number of oxime groups is 1. The Bertz CT molecular complexity index is 415. The summed E-state index contributed by atoms with van der Waals surface area (Å²) in [5.41, 5.74) is 7.00. The third kappa shape index (κ3) is 3.70. The van der Waals surface area contributed by atoms with Crippen LogP contribution in [0.1, 0.15) is 37.7 Å². The molecule has 4 nitrogen and oxygen atoms in total. The van der Waals surface area contributed by atoms with Crippen LogP contribution in [0.25, 0.3) is 0 Å². The van der Waals surface area contributed by atoms with Gasteiger partial charge in [-0.2, -0.15) is 0 Å². The van der Waals surface area contributed by atoms with E-state index in [1.165, 1.54) is 12.8 Å². The molecule has 1 unspecified atom stereocenters. The molecule has 0 saturated heterocycles. The van der Waals surface area contributed by atoms with E-state index in [9.17, 15) is 0 Å². The van der Waals surface area contributed by atoms with Crippen molar-refractivity contribution in [3.05, 3.63) is 35.9 Å². The van der Waals surface area contributed by atoms with E-state index in [0.29, 0.717) is 11.9 Å². The average Bonchev–Trinajstić information content (AvgIpc) is 3.28. The Labute approximate surface area is 114 Å². The molecule has 1 aliphatic rings. The second kappa shape index (κ2) is 6.57. The maximum Gasteiger partial charge on any atom is 0.147 e. The fraction of sp³-hybridized carbons (Fsp3) is 0.533. The molecule has 1 atom stereocenters. The molecule has 0 aliphatic heterocycles. The lowest BCUT2D eigenvalue weighted by atomic mass is 9.97. The minimum atomic E-state index is -0.0293. The Kier molecular flexibility index (Phi) is 4.80. The molecule has 0 spiro atoms. The van der Waals surface area contributed by atoms with Crippen LogP contribution in [0.3, 0.4) is 0 Å². The number of nitrogens with two attached hydrogens (primary N) is 1. The van der Waals surface area contributed by atoms with Crippen LogP contribution in [0.5, 0.6) is 0 Å². The van der Waals surface area contributed by atoms with Crippen molar-refractivity contribution >= 4 is 5.84 Å². The summed E-state index contributed by atoms with van der Waals surface area (Å²) in [5, 5.41) is 12.2. The Morgan fingerprint density at radius 3 is 2.63 bits per heavy atom. The van der Waals surface area contributed by atoms with Gasteiger partial charge in [0.05, 0.1) is 5.92 Å². The summed E-state index contributed by atoms with van der Waals surface area (Å²) in [5.74, 6) is 0.270. The van der Waals surface area contributed by atoms with E-state index in [0.717, 1.165) is 25.1 Å². The Morgan fingerprint density at radius 2 is 2.11 bits per heavy atom. The first kappa shape index (κ1) is 13.9. The van der Waals surface area contributed by atoms with Gasteiger partial charge in [-0.05, 0) is 31.4 Å². The number of amidine groups is 1. The van der Waals surface area contributed by atoms with Crippen molar-refractivity contribution in [2.24, 2.45) is 10.9 Å². The lowest BCUT2D eigenvalue weighted by Gasteiger charge is -2.26. The van der Waals surface area contributed by atoms with Crippen molar-refractivity contribution in [3.8, 4) is 0 Å². The minimum absolute atomic E-state index is 0.0293. The van der Waals surface area contributed by atoms with Gasteiger partial charge in [0.25, 0.3) is 0 Å². The van der Waals surface area contributed by atoms with Crippen LogP contribution in [0.2, 0.25) is 0 Å². The summed E-state index contributed by atoms with van der Waals surface area (Å²) in [6.45, 7) is 4.10. The fourth-order valence-electron chi connectivity index (χ4n) is 2.51. The van der Waals surface area contributed by atoms with Gasteiger partial charge in [0, 0.05) is 12.6 Å². The molecule has 1 saturated carbocycles. The Morgan fingerprint density at radius 1 is 1.42 bits per heavy atom. The lowest BCUT2D eigenvalue weighted by Crippen LogP contribution is -2.36. The van der Waals surface area contributed by atoms with E-state index in [-0.39, 0.29) is 5.92 Å². The number of hydrogen-bond donors (Lipinski definition) is 2. The lowest BCUT2D eigenvalue weighted by molar-refractivity contribution is 0.257. The van der Waals surface area contributed by atoms with Crippen LogP contribution in [-0.4, -0.2) is 35.1 Å². The molecule has 0 heterocycles. The van der Waals surface area contributed by atoms with Crippen molar-refractivity contribution in [3.63, 3.8) is 0 Å². The van der Waals surface area contributed by atoms with Gasteiger partial charge in [0.2, 0.25) is 0 Å². The average molecular weight is 261 g/mol. The zero-order valence-electron chi connectivity index (χ0n) is 11.5. The predicted molar refractivity (Wildman–Crippen MR) is 77.5 cm³/mol. The van der Waals surface area contributed by atoms with Crippen molar-refractivity contribution in [2.75, 3.05) is 13.1 Å². The summed E-state index contributed by atoms with van der Waals surface area (Å²) in [6, 6.07) is 10.7. The fourth-order valence-corrected chi connectivity index (χ4v) is 2.51. The number of benzene rings is 1. The van der Waals surface area contributed by atoms with Gasteiger partial charge in [-0.15, -0.1) is 0 Å². The van der Waals surface area contributed by atoms with Gasteiger partial charge in [-0.3, -0.25) is 4.90 Å². The Balaban J connectivity index is 2.13. The summed E-state index contributed by atoms with van der Waals surface area (Å²) >= 11 is 0. The SMILES string of the molecule is CCCN(CC(C(N)=NO)c1ccccc1)C1CC1. The maximum absolute atomic E-state index is 9.01. The van der Waals surface area contributed by atoms with Crippen LogP contribution in [0, 0.1) is 0 Å². The third-order valence-electron chi connectivity index (χ3n) is 3.67. The summed E-state index contributed by atoms with van der Waals surface area (Å²) in [7, 11) is 0. The third-order valence-corrected chi connectivity index (χ3v) is 3.67. The molecule has 4 heteroatoms. The molecule has 1 aliphatic carbocycles. The van der Waals surface area contributed by atoms with Crippen LogP contribution < -0.4 is 5.73 Å². The van der Waals surface area contributed by atoms with Crippen LogP contribution in [0.15, 0.2) is 35.5 Å². The monoisotopic (exact) mass is 261 g/mol. The zero-order valence-corrected chi connectivity index (χ0v) is 11.5. The standard InChI is InChI=1S/C15H23N3O/c1-2-10-18(13-8-9-13)11-14(15(16)17-19)12-6-4-3-5-7-12/h3-7,13-14,19H,2,8-11H2,1H3,(H2,16,17). The molecule has 0 amide bonds. The Hall–Kier alpha value is -1.55. The highest BCUT2D eigenvalue weighted by Crippen LogP contribution is 2.29. The van der Waals surface area contributed by atoms with Crippen LogP contribution in [-0.2, 0) is 0 Å². The van der Waals surface area contributed by atoms with Crippen molar-refractivity contribution < 1.29 is 5.21 Å². The molecule has 19 heavy (non-hydrogen) atoms. The molecule has 104 valence electrons. The van der Waals surface area contributed by atoms with Gasteiger partial charge in [-0.25, -0.2) is 0 Å². The highest BCUT2D eigenvalue weighted by molar-refractivity contribution is 5.87. The van der Waals surface area contributed by atoms with E-state index in [2.05, 4.69) is 17.0 Å². The van der Waals surface area contributed by atoms with E-state index in [1.807, 2.05) is 30.3 Å². The number of nitrogens with zero attached hydrogens (tertiary/aromatic N) is 2. The van der Waals surface area contributed by atoms with E-state index >= 15 is 0 Å². The molecule has 0 aromatic heterocycles.